The van der Waals surface area contributed by atoms with Crippen molar-refractivity contribution in [1.82, 2.24) is 16.0 Å². The molecule has 0 rings (SSSR count). The molecule has 4 nitrogen and oxygen atoms in total. The molecule has 0 bridgehead atoms. The van der Waals surface area contributed by atoms with Gasteiger partial charge in [-0.05, 0) is 34.1 Å². The van der Waals surface area contributed by atoms with Crippen molar-refractivity contribution in [2.45, 2.75) is 78.3 Å². The molecule has 0 aromatic carbocycles. The molecule has 0 aliphatic carbocycles. The van der Waals surface area contributed by atoms with E-state index in [1.807, 2.05) is 7.05 Å². The van der Waals surface area contributed by atoms with Gasteiger partial charge in [-0.3, -0.25) is 4.99 Å². The van der Waals surface area contributed by atoms with Crippen LogP contribution in [-0.2, 0) is 0 Å². The van der Waals surface area contributed by atoms with Crippen LogP contribution in [0.2, 0.25) is 0 Å². The topological polar surface area (TPSA) is 48.5 Å². The summed E-state index contributed by atoms with van der Waals surface area (Å²) in [6, 6.07) is 0.480. The highest BCUT2D eigenvalue weighted by molar-refractivity contribution is 5.79. The number of nitrogens with zero attached hydrogens (tertiary/aromatic N) is 1. The summed E-state index contributed by atoms with van der Waals surface area (Å²) < 4.78 is 0. The number of guanidine groups is 1. The number of hydrogen-bond donors (Lipinski definition) is 3. The second-order valence-electron chi connectivity index (χ2n) is 6.57. The van der Waals surface area contributed by atoms with Gasteiger partial charge in [0.05, 0.1) is 0 Å². The molecule has 0 aliphatic heterocycles. The van der Waals surface area contributed by atoms with E-state index in [9.17, 15) is 0 Å². The summed E-state index contributed by atoms with van der Waals surface area (Å²) in [5.41, 5.74) is 0.172. The number of aliphatic imine (C=N–C) groups is 1. The van der Waals surface area contributed by atoms with Gasteiger partial charge in [-0.25, -0.2) is 0 Å². The zero-order valence-electron chi connectivity index (χ0n) is 14.5. The molecule has 0 saturated heterocycles. The Morgan fingerprint density at radius 2 is 1.80 bits per heavy atom. The summed E-state index contributed by atoms with van der Waals surface area (Å²) in [5, 5.41) is 10.3. The Hall–Kier alpha value is -0.770. The third-order valence-corrected chi connectivity index (χ3v) is 3.17. The van der Waals surface area contributed by atoms with Crippen LogP contribution < -0.4 is 16.0 Å². The van der Waals surface area contributed by atoms with Crippen molar-refractivity contribution in [2.24, 2.45) is 4.99 Å². The van der Waals surface area contributed by atoms with Gasteiger partial charge in [0, 0.05) is 31.7 Å². The van der Waals surface area contributed by atoms with E-state index in [0.717, 1.165) is 19.0 Å². The van der Waals surface area contributed by atoms with Gasteiger partial charge in [0.2, 0.25) is 0 Å². The van der Waals surface area contributed by atoms with Gasteiger partial charge in [0.25, 0.3) is 0 Å². The predicted molar refractivity (Wildman–Crippen MR) is 90.5 cm³/mol. The van der Waals surface area contributed by atoms with Crippen LogP contribution in [0.4, 0.5) is 0 Å². The molecule has 4 heteroatoms. The van der Waals surface area contributed by atoms with E-state index in [2.05, 4.69) is 55.6 Å². The van der Waals surface area contributed by atoms with Crippen LogP contribution in [0, 0.1) is 0 Å². The maximum atomic E-state index is 4.27. The molecule has 0 aromatic heterocycles. The average molecular weight is 284 g/mol. The van der Waals surface area contributed by atoms with E-state index in [-0.39, 0.29) is 5.54 Å². The third kappa shape index (κ3) is 12.3. The smallest absolute Gasteiger partial charge is 0.191 e. The third-order valence-electron chi connectivity index (χ3n) is 3.17. The number of nitrogens with one attached hydrogen (secondary N) is 3. The Morgan fingerprint density at radius 1 is 1.10 bits per heavy atom. The lowest BCUT2D eigenvalue weighted by atomic mass is 10.1. The minimum absolute atomic E-state index is 0.172. The lowest BCUT2D eigenvalue weighted by Crippen LogP contribution is -2.46. The molecular formula is C16H36N4. The average Bonchev–Trinajstić information content (AvgIpc) is 2.37. The SMILES string of the molecule is CCCCCCC(C)NC(=NC)NCCNC(C)(C)C. The molecule has 20 heavy (non-hydrogen) atoms. The molecule has 0 amide bonds. The Bertz CT molecular complexity index is 256. The number of unbranched alkanes of at least 4 members (excludes halogenated alkanes) is 3. The quantitative estimate of drug-likeness (QED) is 0.347. The summed E-state index contributed by atoms with van der Waals surface area (Å²) in [4.78, 5) is 4.27. The Kier molecular flexibility index (Phi) is 10.5. The van der Waals surface area contributed by atoms with Gasteiger partial charge in [-0.15, -0.1) is 0 Å². The largest absolute Gasteiger partial charge is 0.355 e. The molecule has 120 valence electrons. The van der Waals surface area contributed by atoms with Crippen LogP contribution in [0.15, 0.2) is 4.99 Å². The second-order valence-corrected chi connectivity index (χ2v) is 6.57. The molecular weight excluding hydrogens is 248 g/mol. The maximum absolute atomic E-state index is 4.27. The van der Waals surface area contributed by atoms with Crippen molar-refractivity contribution in [1.29, 1.82) is 0 Å². The standard InChI is InChI=1S/C16H36N4/c1-7-8-9-10-11-14(2)20-15(17-6)18-12-13-19-16(3,4)5/h14,19H,7-13H2,1-6H3,(H2,17,18,20). The minimum atomic E-state index is 0.172. The van der Waals surface area contributed by atoms with E-state index in [4.69, 9.17) is 0 Å². The van der Waals surface area contributed by atoms with Crippen LogP contribution >= 0.6 is 0 Å². The van der Waals surface area contributed by atoms with E-state index in [1.165, 1.54) is 32.1 Å². The van der Waals surface area contributed by atoms with E-state index in [1.54, 1.807) is 0 Å². The molecule has 1 atom stereocenters. The number of rotatable bonds is 9. The van der Waals surface area contributed by atoms with Crippen molar-refractivity contribution in [3.8, 4) is 0 Å². The van der Waals surface area contributed by atoms with E-state index >= 15 is 0 Å². The molecule has 0 radical (unpaired) electrons. The van der Waals surface area contributed by atoms with Crippen molar-refractivity contribution < 1.29 is 0 Å². The first-order valence-electron chi connectivity index (χ1n) is 8.11. The van der Waals surface area contributed by atoms with Crippen LogP contribution in [0.3, 0.4) is 0 Å². The normalized spacial score (nSPS) is 14.2. The molecule has 0 aromatic rings. The predicted octanol–water partition coefficient (Wildman–Crippen LogP) is 2.90. The first-order chi connectivity index (χ1) is 9.39. The Morgan fingerprint density at radius 3 is 2.35 bits per heavy atom. The summed E-state index contributed by atoms with van der Waals surface area (Å²) >= 11 is 0. The fourth-order valence-electron chi connectivity index (χ4n) is 2.00. The van der Waals surface area contributed by atoms with Crippen molar-refractivity contribution in [2.75, 3.05) is 20.1 Å². The van der Waals surface area contributed by atoms with Gasteiger partial charge >= 0.3 is 0 Å². The van der Waals surface area contributed by atoms with Gasteiger partial charge in [0.15, 0.2) is 5.96 Å². The monoisotopic (exact) mass is 284 g/mol. The lowest BCUT2D eigenvalue weighted by molar-refractivity contribution is 0.427. The zero-order chi connectivity index (χ0) is 15.4. The fourth-order valence-corrected chi connectivity index (χ4v) is 2.00. The molecule has 3 N–H and O–H groups in total. The van der Waals surface area contributed by atoms with Gasteiger partial charge in [-0.2, -0.15) is 0 Å². The molecule has 0 spiro atoms. The highest BCUT2D eigenvalue weighted by atomic mass is 15.2. The lowest BCUT2D eigenvalue weighted by Gasteiger charge is -2.22. The summed E-state index contributed by atoms with van der Waals surface area (Å²) in [6.45, 7) is 12.8. The van der Waals surface area contributed by atoms with Gasteiger partial charge in [-0.1, -0.05) is 32.6 Å². The van der Waals surface area contributed by atoms with Crippen LogP contribution in [0.25, 0.3) is 0 Å². The second kappa shape index (κ2) is 11.0. The van der Waals surface area contributed by atoms with Crippen molar-refractivity contribution >= 4 is 5.96 Å². The molecule has 0 saturated carbocycles. The zero-order valence-corrected chi connectivity index (χ0v) is 14.5. The van der Waals surface area contributed by atoms with Crippen molar-refractivity contribution in [3.63, 3.8) is 0 Å². The van der Waals surface area contributed by atoms with Crippen LogP contribution in [-0.4, -0.2) is 37.7 Å². The van der Waals surface area contributed by atoms with Gasteiger partial charge in [0.1, 0.15) is 0 Å². The summed E-state index contributed by atoms with van der Waals surface area (Å²) in [7, 11) is 1.83. The minimum Gasteiger partial charge on any atom is -0.355 e. The van der Waals surface area contributed by atoms with E-state index < -0.39 is 0 Å². The first kappa shape index (κ1) is 19.2. The highest BCUT2D eigenvalue weighted by Gasteiger charge is 2.08. The Balaban J connectivity index is 3.75. The number of hydrogen-bond acceptors (Lipinski definition) is 2. The van der Waals surface area contributed by atoms with Gasteiger partial charge < -0.3 is 16.0 Å². The van der Waals surface area contributed by atoms with Crippen LogP contribution in [0.5, 0.6) is 0 Å². The first-order valence-corrected chi connectivity index (χ1v) is 8.11. The molecule has 0 fully saturated rings. The fraction of sp³-hybridized carbons (Fsp3) is 0.938. The summed E-state index contributed by atoms with van der Waals surface area (Å²) in [5.74, 6) is 0.906. The molecule has 0 heterocycles. The van der Waals surface area contributed by atoms with Crippen LogP contribution in [0.1, 0.15) is 66.7 Å². The molecule has 0 aliphatic rings. The van der Waals surface area contributed by atoms with E-state index in [0.29, 0.717) is 6.04 Å². The Labute approximate surface area is 126 Å². The highest BCUT2D eigenvalue weighted by Crippen LogP contribution is 2.05. The summed E-state index contributed by atoms with van der Waals surface area (Å²) in [6.07, 6.45) is 6.49. The maximum Gasteiger partial charge on any atom is 0.191 e. The van der Waals surface area contributed by atoms with Crippen molar-refractivity contribution in [3.05, 3.63) is 0 Å². The molecule has 1 unspecified atom stereocenters.